The minimum Gasteiger partial charge on any atom is -0.366 e. The zero-order valence-electron chi connectivity index (χ0n) is 12.5. The second-order valence-corrected chi connectivity index (χ2v) is 5.00. The van der Waals surface area contributed by atoms with Crippen LogP contribution in [0.4, 0.5) is 16.2 Å². The topological polar surface area (TPSA) is 41.1 Å². The number of hydrogen-bond acceptors (Lipinski definition) is 4. The van der Waals surface area contributed by atoms with Gasteiger partial charge in [-0.3, -0.25) is 0 Å². The van der Waals surface area contributed by atoms with Gasteiger partial charge in [-0.1, -0.05) is 25.5 Å². The van der Waals surface area contributed by atoms with Crippen LogP contribution in [-0.2, 0) is 6.54 Å². The maximum absolute atomic E-state index is 12.8. The molecule has 1 aromatic carbocycles. The van der Waals surface area contributed by atoms with E-state index in [9.17, 15) is 4.39 Å². The van der Waals surface area contributed by atoms with Gasteiger partial charge in [-0.05, 0) is 30.2 Å². The molecule has 21 heavy (non-hydrogen) atoms. The summed E-state index contributed by atoms with van der Waals surface area (Å²) < 4.78 is 12.8. The van der Waals surface area contributed by atoms with E-state index in [2.05, 4.69) is 22.2 Å². The second-order valence-electron chi connectivity index (χ2n) is 5.00. The van der Waals surface area contributed by atoms with Gasteiger partial charge in [0.25, 0.3) is 0 Å². The van der Waals surface area contributed by atoms with Crippen molar-refractivity contribution in [2.75, 3.05) is 23.8 Å². The molecule has 0 fully saturated rings. The Labute approximate surface area is 125 Å². The van der Waals surface area contributed by atoms with Crippen molar-refractivity contribution in [3.63, 3.8) is 0 Å². The lowest BCUT2D eigenvalue weighted by molar-refractivity contribution is 0.627. The first-order valence-electron chi connectivity index (χ1n) is 7.21. The highest BCUT2D eigenvalue weighted by Gasteiger charge is 2.04. The van der Waals surface area contributed by atoms with Crippen LogP contribution in [0.2, 0.25) is 0 Å². The van der Waals surface area contributed by atoms with E-state index in [1.54, 1.807) is 18.3 Å². The molecular formula is C16H21FN4. The summed E-state index contributed by atoms with van der Waals surface area (Å²) in [5.74, 6) is 1.26. The number of benzene rings is 1. The molecule has 2 aromatic rings. The highest BCUT2D eigenvalue weighted by atomic mass is 19.1. The Morgan fingerprint density at radius 1 is 1.19 bits per heavy atom. The average Bonchev–Trinajstić information content (AvgIpc) is 2.52. The molecule has 1 N–H and O–H groups in total. The molecular weight excluding hydrogens is 267 g/mol. The van der Waals surface area contributed by atoms with E-state index in [0.717, 1.165) is 30.8 Å². The van der Waals surface area contributed by atoms with E-state index in [4.69, 9.17) is 0 Å². The van der Waals surface area contributed by atoms with Gasteiger partial charge >= 0.3 is 0 Å². The monoisotopic (exact) mass is 288 g/mol. The van der Waals surface area contributed by atoms with Crippen molar-refractivity contribution in [2.45, 2.75) is 26.3 Å². The molecule has 0 saturated carbocycles. The summed E-state index contributed by atoms with van der Waals surface area (Å²) in [5.41, 5.74) is 1.01. The minimum atomic E-state index is -0.222. The van der Waals surface area contributed by atoms with Crippen molar-refractivity contribution < 1.29 is 4.39 Å². The van der Waals surface area contributed by atoms with Gasteiger partial charge in [-0.25, -0.2) is 9.37 Å². The molecule has 4 nitrogen and oxygen atoms in total. The van der Waals surface area contributed by atoms with E-state index in [1.165, 1.54) is 12.1 Å². The molecule has 5 heteroatoms. The minimum absolute atomic E-state index is 0.222. The second kappa shape index (κ2) is 7.57. The number of nitrogens with zero attached hydrogens (tertiary/aromatic N) is 3. The van der Waals surface area contributed by atoms with Crippen LogP contribution in [0, 0.1) is 5.82 Å². The van der Waals surface area contributed by atoms with E-state index in [1.807, 2.05) is 18.0 Å². The lowest BCUT2D eigenvalue weighted by Crippen LogP contribution is -2.21. The molecule has 0 amide bonds. The maximum atomic E-state index is 12.8. The number of anilines is 2. The largest absolute Gasteiger partial charge is 0.366 e. The number of aromatic nitrogens is 2. The van der Waals surface area contributed by atoms with Crippen molar-refractivity contribution >= 4 is 11.8 Å². The Morgan fingerprint density at radius 3 is 2.67 bits per heavy atom. The third kappa shape index (κ3) is 4.70. The van der Waals surface area contributed by atoms with Gasteiger partial charge in [-0.15, -0.1) is 0 Å². The molecule has 0 aliphatic heterocycles. The Hall–Kier alpha value is -2.17. The molecule has 0 saturated heterocycles. The van der Waals surface area contributed by atoms with E-state index >= 15 is 0 Å². The fourth-order valence-electron chi connectivity index (χ4n) is 1.92. The van der Waals surface area contributed by atoms with Crippen LogP contribution in [0.1, 0.15) is 25.3 Å². The van der Waals surface area contributed by atoms with Gasteiger partial charge in [0.1, 0.15) is 11.6 Å². The molecule has 0 radical (unpaired) electrons. The van der Waals surface area contributed by atoms with Crippen molar-refractivity contribution in [1.29, 1.82) is 0 Å². The van der Waals surface area contributed by atoms with Gasteiger partial charge < -0.3 is 10.2 Å². The third-order valence-corrected chi connectivity index (χ3v) is 3.22. The fourth-order valence-corrected chi connectivity index (χ4v) is 1.92. The van der Waals surface area contributed by atoms with Crippen molar-refractivity contribution in [2.24, 2.45) is 0 Å². The van der Waals surface area contributed by atoms with Gasteiger partial charge in [-0.2, -0.15) is 4.98 Å². The molecule has 0 aliphatic carbocycles. The van der Waals surface area contributed by atoms with Crippen LogP contribution in [0.5, 0.6) is 0 Å². The number of unbranched alkanes of at least 4 members (excludes halogenated alkanes) is 1. The molecule has 112 valence electrons. The standard InChI is InChI=1S/C16H21FN4/c1-3-4-11-21(2)16-18-10-9-15(20-16)19-12-13-5-7-14(17)8-6-13/h5-10H,3-4,11-12H2,1-2H3,(H,18,19,20). The average molecular weight is 288 g/mol. The maximum Gasteiger partial charge on any atom is 0.226 e. The van der Waals surface area contributed by atoms with Gasteiger partial charge in [0.05, 0.1) is 0 Å². The van der Waals surface area contributed by atoms with Gasteiger partial charge in [0.2, 0.25) is 5.95 Å². The molecule has 0 bridgehead atoms. The summed E-state index contributed by atoms with van der Waals surface area (Å²) in [6.45, 7) is 3.71. The summed E-state index contributed by atoms with van der Waals surface area (Å²) in [4.78, 5) is 10.8. The summed E-state index contributed by atoms with van der Waals surface area (Å²) >= 11 is 0. The van der Waals surface area contributed by atoms with Crippen LogP contribution in [0.3, 0.4) is 0 Å². The molecule has 0 aliphatic rings. The summed E-state index contributed by atoms with van der Waals surface area (Å²) in [6, 6.07) is 8.28. The quantitative estimate of drug-likeness (QED) is 0.847. The Morgan fingerprint density at radius 2 is 1.95 bits per heavy atom. The van der Waals surface area contributed by atoms with Crippen LogP contribution < -0.4 is 10.2 Å². The zero-order valence-corrected chi connectivity index (χ0v) is 12.5. The normalized spacial score (nSPS) is 10.4. The van der Waals surface area contributed by atoms with Crippen molar-refractivity contribution in [3.05, 3.63) is 47.9 Å². The number of nitrogens with one attached hydrogen (secondary N) is 1. The predicted octanol–water partition coefficient (Wildman–Crippen LogP) is 3.46. The smallest absolute Gasteiger partial charge is 0.226 e. The third-order valence-electron chi connectivity index (χ3n) is 3.22. The molecule has 0 spiro atoms. The van der Waals surface area contributed by atoms with Crippen LogP contribution in [0.15, 0.2) is 36.5 Å². The van der Waals surface area contributed by atoms with Crippen LogP contribution in [0.25, 0.3) is 0 Å². The highest BCUT2D eigenvalue weighted by molar-refractivity contribution is 5.41. The van der Waals surface area contributed by atoms with Gasteiger partial charge in [0.15, 0.2) is 0 Å². The summed E-state index contributed by atoms with van der Waals surface area (Å²) in [6.07, 6.45) is 4.01. The molecule has 1 heterocycles. The number of rotatable bonds is 7. The molecule has 0 unspecified atom stereocenters. The first kappa shape index (κ1) is 15.2. The Balaban J connectivity index is 1.95. The van der Waals surface area contributed by atoms with Crippen molar-refractivity contribution in [1.82, 2.24) is 9.97 Å². The van der Waals surface area contributed by atoms with Crippen molar-refractivity contribution in [3.8, 4) is 0 Å². The summed E-state index contributed by atoms with van der Waals surface area (Å²) in [5, 5.41) is 3.23. The number of halogens is 1. The SMILES string of the molecule is CCCCN(C)c1nccc(NCc2ccc(F)cc2)n1. The zero-order chi connectivity index (χ0) is 15.1. The summed E-state index contributed by atoms with van der Waals surface area (Å²) in [7, 11) is 1.99. The lowest BCUT2D eigenvalue weighted by atomic mass is 10.2. The molecule has 1 aromatic heterocycles. The van der Waals surface area contributed by atoms with E-state index < -0.39 is 0 Å². The van der Waals surface area contributed by atoms with E-state index in [0.29, 0.717) is 12.5 Å². The van der Waals surface area contributed by atoms with E-state index in [-0.39, 0.29) is 5.82 Å². The van der Waals surface area contributed by atoms with Crippen LogP contribution in [-0.4, -0.2) is 23.6 Å². The highest BCUT2D eigenvalue weighted by Crippen LogP contribution is 2.12. The predicted molar refractivity (Wildman–Crippen MR) is 83.9 cm³/mol. The molecule has 0 atom stereocenters. The fraction of sp³-hybridized carbons (Fsp3) is 0.375. The molecule has 2 rings (SSSR count). The first-order chi connectivity index (χ1) is 10.2. The van der Waals surface area contributed by atoms with Crippen LogP contribution >= 0.6 is 0 Å². The number of hydrogen-bond donors (Lipinski definition) is 1. The van der Waals surface area contributed by atoms with Gasteiger partial charge in [0, 0.05) is 26.3 Å². The first-order valence-corrected chi connectivity index (χ1v) is 7.21. The lowest BCUT2D eigenvalue weighted by Gasteiger charge is -2.17. The Kier molecular flexibility index (Phi) is 5.49. The Bertz CT molecular complexity index is 556.